The van der Waals surface area contributed by atoms with Crippen molar-refractivity contribution in [2.75, 3.05) is 58.5 Å². The minimum atomic E-state index is -0.481. The quantitative estimate of drug-likeness (QED) is 0.426. The topological polar surface area (TPSA) is 85.1 Å². The van der Waals surface area contributed by atoms with Gasteiger partial charge in [-0.1, -0.05) is 0 Å². The molecule has 1 aliphatic heterocycles. The summed E-state index contributed by atoms with van der Waals surface area (Å²) in [6, 6.07) is 4.45. The smallest absolute Gasteiger partial charge is 0.270 e. The van der Waals surface area contributed by atoms with E-state index < -0.39 is 4.92 Å². The number of hydrogen-bond acceptors (Lipinski definition) is 6. The molecule has 0 atom stereocenters. The number of anilines is 1. The summed E-state index contributed by atoms with van der Waals surface area (Å²) in [6.45, 7) is 3.56. The molecule has 0 aliphatic carbocycles. The van der Waals surface area contributed by atoms with Crippen LogP contribution in [0.15, 0.2) is 18.2 Å². The first-order chi connectivity index (χ1) is 11.5. The molecule has 1 aliphatic rings. The number of nitrogens with zero attached hydrogens (tertiary/aromatic N) is 3. The van der Waals surface area contributed by atoms with Crippen molar-refractivity contribution in [2.24, 2.45) is 0 Å². The van der Waals surface area contributed by atoms with Gasteiger partial charge in [-0.05, 0) is 12.5 Å². The van der Waals surface area contributed by atoms with Gasteiger partial charge in [-0.25, -0.2) is 0 Å². The number of morpholine rings is 1. The van der Waals surface area contributed by atoms with Gasteiger partial charge in [0.25, 0.3) is 11.6 Å². The highest BCUT2D eigenvalue weighted by Crippen LogP contribution is 2.27. The van der Waals surface area contributed by atoms with Crippen molar-refractivity contribution in [2.45, 2.75) is 6.42 Å². The van der Waals surface area contributed by atoms with Gasteiger partial charge < -0.3 is 19.3 Å². The Bertz CT molecular complexity index is 587. The molecule has 2 rings (SSSR count). The van der Waals surface area contributed by atoms with Crippen molar-refractivity contribution in [3.05, 3.63) is 33.9 Å². The average molecular weight is 337 g/mol. The maximum atomic E-state index is 12.8. The first kappa shape index (κ1) is 18.2. The number of methoxy groups -OCH3 is 1. The number of nitro benzene ring substituents is 1. The summed E-state index contributed by atoms with van der Waals surface area (Å²) in [5.41, 5.74) is 0.985. The first-order valence-corrected chi connectivity index (χ1v) is 7.90. The molecule has 0 radical (unpaired) electrons. The van der Waals surface area contributed by atoms with Gasteiger partial charge in [0, 0.05) is 52.5 Å². The van der Waals surface area contributed by atoms with E-state index in [1.165, 1.54) is 12.1 Å². The zero-order chi connectivity index (χ0) is 17.5. The van der Waals surface area contributed by atoms with Crippen LogP contribution in [-0.2, 0) is 9.47 Å². The van der Waals surface area contributed by atoms with Gasteiger partial charge in [0.1, 0.15) is 0 Å². The van der Waals surface area contributed by atoms with Crippen LogP contribution in [0.1, 0.15) is 16.8 Å². The highest BCUT2D eigenvalue weighted by atomic mass is 16.6. The molecule has 0 aromatic heterocycles. The molecule has 1 aromatic carbocycles. The maximum absolute atomic E-state index is 12.8. The number of carbonyl (C=O) groups excluding carboxylic acids is 1. The molecule has 132 valence electrons. The molecule has 8 heteroatoms. The van der Waals surface area contributed by atoms with Gasteiger partial charge in [0.05, 0.1) is 29.4 Å². The second-order valence-electron chi connectivity index (χ2n) is 5.63. The zero-order valence-electron chi connectivity index (χ0n) is 14.1. The van der Waals surface area contributed by atoms with Crippen LogP contribution in [0, 0.1) is 10.1 Å². The summed E-state index contributed by atoms with van der Waals surface area (Å²) >= 11 is 0. The van der Waals surface area contributed by atoms with Crippen LogP contribution in [0.2, 0.25) is 0 Å². The van der Waals surface area contributed by atoms with Crippen LogP contribution >= 0.6 is 0 Å². The van der Waals surface area contributed by atoms with Gasteiger partial charge in [-0.3, -0.25) is 14.9 Å². The molecule has 1 heterocycles. The van der Waals surface area contributed by atoms with E-state index in [4.69, 9.17) is 9.47 Å². The third-order valence-electron chi connectivity index (χ3n) is 3.96. The van der Waals surface area contributed by atoms with Gasteiger partial charge >= 0.3 is 0 Å². The van der Waals surface area contributed by atoms with Gasteiger partial charge in [0.15, 0.2) is 0 Å². The predicted octanol–water partition coefficient (Wildman–Crippen LogP) is 1.54. The number of amides is 1. The molecule has 0 N–H and O–H groups in total. The van der Waals surface area contributed by atoms with Crippen LogP contribution < -0.4 is 4.90 Å². The Labute approximate surface area is 141 Å². The summed E-state index contributed by atoms with van der Waals surface area (Å²) in [5.74, 6) is -0.226. The average Bonchev–Trinajstić information content (AvgIpc) is 2.61. The molecule has 8 nitrogen and oxygen atoms in total. The number of ether oxygens (including phenoxy) is 2. The van der Waals surface area contributed by atoms with Crippen LogP contribution in [0.5, 0.6) is 0 Å². The molecule has 0 bridgehead atoms. The lowest BCUT2D eigenvalue weighted by molar-refractivity contribution is -0.384. The van der Waals surface area contributed by atoms with Crippen molar-refractivity contribution in [1.29, 1.82) is 0 Å². The fraction of sp³-hybridized carbons (Fsp3) is 0.562. The lowest BCUT2D eigenvalue weighted by atomic mass is 10.1. The van der Waals surface area contributed by atoms with E-state index >= 15 is 0 Å². The van der Waals surface area contributed by atoms with Crippen LogP contribution in [0.25, 0.3) is 0 Å². The SMILES string of the molecule is COCCCN(C)C(=O)c1cc([N+](=O)[O-])ccc1N1CCOCC1. The summed E-state index contributed by atoms with van der Waals surface area (Å²) < 4.78 is 10.3. The largest absolute Gasteiger partial charge is 0.385 e. The molecule has 0 unspecified atom stereocenters. The van der Waals surface area contributed by atoms with Gasteiger partial charge in [-0.2, -0.15) is 0 Å². The minimum Gasteiger partial charge on any atom is -0.385 e. The van der Waals surface area contributed by atoms with Gasteiger partial charge in [0.2, 0.25) is 0 Å². The molecule has 0 saturated carbocycles. The van der Waals surface area contributed by atoms with Crippen LogP contribution in [-0.4, -0.2) is 69.3 Å². The summed E-state index contributed by atoms with van der Waals surface area (Å²) in [6.07, 6.45) is 0.709. The van der Waals surface area contributed by atoms with E-state index in [0.717, 1.165) is 0 Å². The molecule has 24 heavy (non-hydrogen) atoms. The fourth-order valence-corrected chi connectivity index (χ4v) is 2.64. The Kier molecular flexibility index (Phi) is 6.51. The van der Waals surface area contributed by atoms with Crippen molar-refractivity contribution >= 4 is 17.3 Å². The Morgan fingerprint density at radius 2 is 2.12 bits per heavy atom. The molecule has 1 fully saturated rings. The van der Waals surface area contributed by atoms with E-state index in [2.05, 4.69) is 0 Å². The Balaban J connectivity index is 2.27. The van der Waals surface area contributed by atoms with E-state index in [0.29, 0.717) is 57.1 Å². The normalized spacial score (nSPS) is 14.5. The predicted molar refractivity (Wildman–Crippen MR) is 89.6 cm³/mol. The Morgan fingerprint density at radius 3 is 2.75 bits per heavy atom. The number of benzene rings is 1. The van der Waals surface area contributed by atoms with Crippen molar-refractivity contribution in [3.8, 4) is 0 Å². The van der Waals surface area contributed by atoms with Crippen LogP contribution in [0.3, 0.4) is 0 Å². The molecule has 1 saturated heterocycles. The number of carbonyl (C=O) groups is 1. The number of hydrogen-bond donors (Lipinski definition) is 0. The Morgan fingerprint density at radius 1 is 1.42 bits per heavy atom. The molecular formula is C16H23N3O5. The number of non-ortho nitro benzene ring substituents is 1. The zero-order valence-corrected chi connectivity index (χ0v) is 14.1. The standard InChI is InChI=1S/C16H23N3O5/c1-17(6-3-9-23-2)16(20)14-12-13(19(21)22)4-5-15(14)18-7-10-24-11-8-18/h4-5,12H,3,6-11H2,1-2H3. The van der Waals surface area contributed by atoms with Crippen molar-refractivity contribution < 1.29 is 19.2 Å². The third kappa shape index (κ3) is 4.42. The van der Waals surface area contributed by atoms with Gasteiger partial charge in [-0.15, -0.1) is 0 Å². The van der Waals surface area contributed by atoms with Crippen molar-refractivity contribution in [3.63, 3.8) is 0 Å². The molecular weight excluding hydrogens is 314 g/mol. The lowest BCUT2D eigenvalue weighted by Crippen LogP contribution is -2.38. The van der Waals surface area contributed by atoms with E-state index in [1.807, 2.05) is 4.90 Å². The van der Waals surface area contributed by atoms with E-state index in [-0.39, 0.29) is 11.6 Å². The summed E-state index contributed by atoms with van der Waals surface area (Å²) in [4.78, 5) is 27.0. The number of nitro groups is 1. The second-order valence-corrected chi connectivity index (χ2v) is 5.63. The Hall–Kier alpha value is -2.19. The first-order valence-electron chi connectivity index (χ1n) is 7.90. The fourth-order valence-electron chi connectivity index (χ4n) is 2.64. The minimum absolute atomic E-state index is 0.0827. The highest BCUT2D eigenvalue weighted by molar-refractivity contribution is 6.00. The van der Waals surface area contributed by atoms with Crippen LogP contribution in [0.4, 0.5) is 11.4 Å². The van der Waals surface area contributed by atoms with E-state index in [1.54, 1.807) is 25.1 Å². The van der Waals surface area contributed by atoms with Crippen molar-refractivity contribution in [1.82, 2.24) is 4.90 Å². The maximum Gasteiger partial charge on any atom is 0.270 e. The summed E-state index contributed by atoms with van der Waals surface area (Å²) in [5, 5.41) is 11.1. The monoisotopic (exact) mass is 337 g/mol. The number of rotatable bonds is 7. The van der Waals surface area contributed by atoms with E-state index in [9.17, 15) is 14.9 Å². The molecule has 1 amide bonds. The summed E-state index contributed by atoms with van der Waals surface area (Å²) in [7, 11) is 3.30. The second kappa shape index (κ2) is 8.60. The third-order valence-corrected chi connectivity index (χ3v) is 3.96. The molecule has 0 spiro atoms. The lowest BCUT2D eigenvalue weighted by Gasteiger charge is -2.31. The molecule has 1 aromatic rings. The highest BCUT2D eigenvalue weighted by Gasteiger charge is 2.23.